The van der Waals surface area contributed by atoms with Gasteiger partial charge in [0.2, 0.25) is 0 Å². The molecule has 2 N–H and O–H groups in total. The molecule has 0 aliphatic carbocycles. The number of methoxy groups -OCH3 is 1. The highest BCUT2D eigenvalue weighted by molar-refractivity contribution is 6.80. The predicted molar refractivity (Wildman–Crippen MR) is 172 cm³/mol. The van der Waals surface area contributed by atoms with Gasteiger partial charge in [0.1, 0.15) is 18.3 Å². The average Bonchev–Trinajstić information content (AvgIpc) is 3.04. The Hall–Kier alpha value is -3.43. The fourth-order valence-corrected chi connectivity index (χ4v) is 4.56. The SMILES string of the molecule is CNCCOB(c1ccccc1)c1ccc(Oc2ccc(B(OCC(COCOC)NC)c3ccccc3)cc2)cc1. The molecule has 0 aliphatic heterocycles. The maximum absolute atomic E-state index is 6.42. The van der Waals surface area contributed by atoms with Gasteiger partial charge in [0.15, 0.2) is 0 Å². The van der Waals surface area contributed by atoms with Crippen LogP contribution in [-0.2, 0) is 18.8 Å². The summed E-state index contributed by atoms with van der Waals surface area (Å²) < 4.78 is 29.4. The lowest BCUT2D eigenvalue weighted by Gasteiger charge is -2.21. The monoisotopic (exact) mass is 566 g/mol. The van der Waals surface area contributed by atoms with Crippen molar-refractivity contribution in [3.63, 3.8) is 0 Å². The smallest absolute Gasteiger partial charge is 0.361 e. The van der Waals surface area contributed by atoms with E-state index in [1.165, 1.54) is 0 Å². The molecule has 4 aromatic rings. The number of hydrogen-bond donors (Lipinski definition) is 2. The maximum Gasteiger partial charge on any atom is 0.361 e. The van der Waals surface area contributed by atoms with Gasteiger partial charge >= 0.3 is 13.8 Å². The lowest BCUT2D eigenvalue weighted by atomic mass is 9.55. The van der Waals surface area contributed by atoms with Gasteiger partial charge in [0.25, 0.3) is 0 Å². The molecular weight excluding hydrogens is 526 g/mol. The van der Waals surface area contributed by atoms with Gasteiger partial charge in [-0.1, -0.05) is 84.9 Å². The van der Waals surface area contributed by atoms with E-state index in [0.717, 1.165) is 39.9 Å². The van der Waals surface area contributed by atoms with Crippen LogP contribution in [0.3, 0.4) is 0 Å². The molecule has 0 fully saturated rings. The third-order valence-corrected chi connectivity index (χ3v) is 6.84. The number of ether oxygens (including phenoxy) is 3. The molecule has 0 radical (unpaired) electrons. The minimum atomic E-state index is -0.226. The van der Waals surface area contributed by atoms with Crippen LogP contribution in [0.2, 0.25) is 0 Å². The molecule has 4 aromatic carbocycles. The van der Waals surface area contributed by atoms with E-state index in [1.807, 2.05) is 74.8 Å². The Balaban J connectivity index is 1.43. The summed E-state index contributed by atoms with van der Waals surface area (Å²) in [6.45, 7) is 2.26. The van der Waals surface area contributed by atoms with E-state index < -0.39 is 0 Å². The van der Waals surface area contributed by atoms with Crippen molar-refractivity contribution >= 4 is 35.7 Å². The zero-order valence-corrected chi connectivity index (χ0v) is 24.7. The normalized spacial score (nSPS) is 11.7. The lowest BCUT2D eigenvalue weighted by molar-refractivity contribution is -0.0406. The second-order valence-corrected chi connectivity index (χ2v) is 9.89. The van der Waals surface area contributed by atoms with Gasteiger partial charge in [-0.2, -0.15) is 0 Å². The summed E-state index contributed by atoms with van der Waals surface area (Å²) in [5, 5.41) is 6.39. The summed E-state index contributed by atoms with van der Waals surface area (Å²) in [5.74, 6) is 1.52. The fraction of sp³-hybridized carbons (Fsp3) is 0.273. The molecule has 0 saturated carbocycles. The molecule has 4 rings (SSSR count). The largest absolute Gasteiger partial charge is 0.457 e. The van der Waals surface area contributed by atoms with E-state index in [4.69, 9.17) is 23.5 Å². The summed E-state index contributed by atoms with van der Waals surface area (Å²) >= 11 is 0. The van der Waals surface area contributed by atoms with E-state index in [-0.39, 0.29) is 26.7 Å². The van der Waals surface area contributed by atoms with E-state index in [0.29, 0.717) is 19.8 Å². The highest BCUT2D eigenvalue weighted by Gasteiger charge is 2.24. The molecule has 0 spiro atoms. The van der Waals surface area contributed by atoms with E-state index in [2.05, 4.69) is 59.2 Å². The Morgan fingerprint density at radius 3 is 1.60 bits per heavy atom. The zero-order valence-electron chi connectivity index (χ0n) is 24.7. The standard InChI is InChI=1S/C33H40B2N2O5/c1-36-22-23-40-34(27-10-6-4-7-11-27)29-14-18-32(19-15-29)42-33-20-16-30(17-21-33)35(28-12-8-5-9-13-28)41-25-31(37-2)24-39-26-38-3/h4-21,31,36-37H,22-26H2,1-3H3. The van der Waals surface area contributed by atoms with Crippen LogP contribution in [0.5, 0.6) is 11.5 Å². The van der Waals surface area contributed by atoms with Crippen LogP contribution < -0.4 is 37.2 Å². The predicted octanol–water partition coefficient (Wildman–Crippen LogP) is 2.15. The van der Waals surface area contributed by atoms with Gasteiger partial charge in [-0.3, -0.25) is 0 Å². The molecule has 218 valence electrons. The average molecular weight is 566 g/mol. The topological polar surface area (TPSA) is 70.2 Å². The van der Waals surface area contributed by atoms with Crippen molar-refractivity contribution in [3.8, 4) is 11.5 Å². The minimum Gasteiger partial charge on any atom is -0.457 e. The molecule has 0 aromatic heterocycles. The second-order valence-electron chi connectivity index (χ2n) is 9.89. The van der Waals surface area contributed by atoms with Gasteiger partial charge in [-0.25, -0.2) is 0 Å². The summed E-state index contributed by atoms with van der Waals surface area (Å²) in [4.78, 5) is 0. The van der Waals surface area contributed by atoms with Gasteiger partial charge in [0, 0.05) is 26.9 Å². The maximum atomic E-state index is 6.42. The zero-order chi connectivity index (χ0) is 29.4. The van der Waals surface area contributed by atoms with Crippen molar-refractivity contribution in [1.82, 2.24) is 10.6 Å². The number of likely N-dealkylation sites (N-methyl/N-ethyl adjacent to an activating group) is 2. The Labute approximate surface area is 250 Å². The highest BCUT2D eigenvalue weighted by atomic mass is 16.7. The van der Waals surface area contributed by atoms with Gasteiger partial charge < -0.3 is 34.2 Å². The van der Waals surface area contributed by atoms with E-state index >= 15 is 0 Å². The second kappa shape index (κ2) is 17.5. The van der Waals surface area contributed by atoms with E-state index in [9.17, 15) is 0 Å². The van der Waals surface area contributed by atoms with Crippen LogP contribution in [0.1, 0.15) is 0 Å². The Bertz CT molecular complexity index is 1280. The first kappa shape index (κ1) is 31.5. The van der Waals surface area contributed by atoms with Crippen molar-refractivity contribution in [1.29, 1.82) is 0 Å². The Morgan fingerprint density at radius 1 is 0.619 bits per heavy atom. The van der Waals surface area contributed by atoms with Crippen LogP contribution >= 0.6 is 0 Å². The number of hydrogen-bond acceptors (Lipinski definition) is 7. The van der Waals surface area contributed by atoms with Crippen molar-refractivity contribution in [3.05, 3.63) is 109 Å². The van der Waals surface area contributed by atoms with Crippen molar-refractivity contribution in [2.75, 3.05) is 54.4 Å². The van der Waals surface area contributed by atoms with Crippen LogP contribution in [0, 0.1) is 0 Å². The first-order valence-corrected chi connectivity index (χ1v) is 14.3. The fourth-order valence-electron chi connectivity index (χ4n) is 4.56. The molecule has 9 heteroatoms. The van der Waals surface area contributed by atoms with Crippen molar-refractivity contribution in [2.24, 2.45) is 0 Å². The molecule has 0 amide bonds. The van der Waals surface area contributed by atoms with Crippen LogP contribution in [0.25, 0.3) is 0 Å². The molecule has 0 heterocycles. The van der Waals surface area contributed by atoms with Crippen LogP contribution in [0.15, 0.2) is 109 Å². The van der Waals surface area contributed by atoms with Gasteiger partial charge in [-0.05, 0) is 60.2 Å². The minimum absolute atomic E-state index is 0.0344. The Morgan fingerprint density at radius 2 is 1.12 bits per heavy atom. The lowest BCUT2D eigenvalue weighted by Crippen LogP contribution is -2.48. The first-order chi connectivity index (χ1) is 20.7. The highest BCUT2D eigenvalue weighted by Crippen LogP contribution is 2.19. The molecule has 1 atom stereocenters. The number of nitrogens with one attached hydrogen (secondary N) is 2. The quantitative estimate of drug-likeness (QED) is 0.109. The summed E-state index contributed by atoms with van der Waals surface area (Å²) in [6, 6.07) is 36.7. The van der Waals surface area contributed by atoms with Crippen LogP contribution in [-0.4, -0.2) is 74.2 Å². The molecule has 7 nitrogen and oxygen atoms in total. The molecule has 0 bridgehead atoms. The number of rotatable bonds is 18. The van der Waals surface area contributed by atoms with Crippen molar-refractivity contribution < 1.29 is 23.5 Å². The molecule has 0 aliphatic rings. The molecular formula is C33H40B2N2O5. The van der Waals surface area contributed by atoms with Crippen LogP contribution in [0.4, 0.5) is 0 Å². The number of benzene rings is 4. The summed E-state index contributed by atoms with van der Waals surface area (Å²) in [6.07, 6.45) is 0. The molecule has 42 heavy (non-hydrogen) atoms. The Kier molecular flexibility index (Phi) is 13.1. The summed E-state index contributed by atoms with van der Waals surface area (Å²) in [7, 11) is 5.44. The van der Waals surface area contributed by atoms with Crippen molar-refractivity contribution in [2.45, 2.75) is 6.04 Å². The third kappa shape index (κ3) is 9.56. The summed E-state index contributed by atoms with van der Waals surface area (Å²) in [5.41, 5.74) is 4.33. The van der Waals surface area contributed by atoms with Gasteiger partial charge in [-0.15, -0.1) is 0 Å². The van der Waals surface area contributed by atoms with E-state index in [1.54, 1.807) is 7.11 Å². The molecule has 0 saturated heterocycles. The third-order valence-electron chi connectivity index (χ3n) is 6.84. The molecule has 1 unspecified atom stereocenters. The van der Waals surface area contributed by atoms with Gasteiger partial charge in [0.05, 0.1) is 12.6 Å². The first-order valence-electron chi connectivity index (χ1n) is 14.3.